The van der Waals surface area contributed by atoms with Crippen LogP contribution in [0.1, 0.15) is 25.8 Å². The van der Waals surface area contributed by atoms with Crippen LogP contribution in [0.15, 0.2) is 29.2 Å². The number of hydrogen-bond acceptors (Lipinski definition) is 4. The lowest BCUT2D eigenvalue weighted by atomic mass is 10.1. The van der Waals surface area contributed by atoms with Crippen molar-refractivity contribution >= 4 is 10.0 Å². The van der Waals surface area contributed by atoms with Crippen molar-refractivity contribution in [2.24, 2.45) is 0 Å². The van der Waals surface area contributed by atoms with E-state index in [4.69, 9.17) is 4.74 Å². The van der Waals surface area contributed by atoms with Crippen molar-refractivity contribution < 1.29 is 13.2 Å². The van der Waals surface area contributed by atoms with E-state index in [1.165, 1.54) is 0 Å². The maximum atomic E-state index is 12.0. The molecule has 0 heterocycles. The summed E-state index contributed by atoms with van der Waals surface area (Å²) in [4.78, 5) is 0.306. The lowest BCUT2D eigenvalue weighted by Gasteiger charge is -2.09. The normalized spacial score (nSPS) is 12.0. The highest BCUT2D eigenvalue weighted by atomic mass is 32.2. The highest BCUT2D eigenvalue weighted by Crippen LogP contribution is 2.10. The van der Waals surface area contributed by atoms with Crippen molar-refractivity contribution in [3.05, 3.63) is 29.8 Å². The standard InChI is InChI=1S/C15H26N2O3S/c1-13(2)16-11-9-14-5-7-15(8-6-14)21(18,19)17-10-4-12-20-3/h5-8,13,16-17H,4,9-12H2,1-3H3. The van der Waals surface area contributed by atoms with Crippen LogP contribution < -0.4 is 10.0 Å². The molecule has 0 aliphatic heterocycles. The molecule has 0 saturated carbocycles. The first-order valence-electron chi connectivity index (χ1n) is 7.26. The van der Waals surface area contributed by atoms with Gasteiger partial charge in [0.1, 0.15) is 0 Å². The summed E-state index contributed by atoms with van der Waals surface area (Å²) < 4.78 is 31.6. The molecule has 120 valence electrons. The molecule has 0 aromatic heterocycles. The smallest absolute Gasteiger partial charge is 0.240 e. The first-order chi connectivity index (χ1) is 9.95. The van der Waals surface area contributed by atoms with Crippen molar-refractivity contribution in [1.82, 2.24) is 10.0 Å². The predicted molar refractivity (Wildman–Crippen MR) is 85.0 cm³/mol. The fourth-order valence-electron chi connectivity index (χ4n) is 1.85. The summed E-state index contributed by atoms with van der Waals surface area (Å²) in [6.07, 6.45) is 1.55. The zero-order valence-corrected chi connectivity index (χ0v) is 13.9. The number of sulfonamides is 1. The van der Waals surface area contributed by atoms with E-state index in [0.29, 0.717) is 30.5 Å². The summed E-state index contributed by atoms with van der Waals surface area (Å²) >= 11 is 0. The molecule has 0 saturated heterocycles. The van der Waals surface area contributed by atoms with Crippen LogP contribution in [0.25, 0.3) is 0 Å². The molecule has 6 heteroatoms. The van der Waals surface area contributed by atoms with Gasteiger partial charge in [0, 0.05) is 26.3 Å². The third kappa shape index (κ3) is 7.04. The average molecular weight is 314 g/mol. The monoisotopic (exact) mass is 314 g/mol. The molecule has 1 rings (SSSR count). The minimum Gasteiger partial charge on any atom is -0.385 e. The van der Waals surface area contributed by atoms with Crippen LogP contribution in [-0.2, 0) is 21.2 Å². The SMILES string of the molecule is COCCCNS(=O)(=O)c1ccc(CCNC(C)C)cc1. The minimum atomic E-state index is -3.41. The molecule has 0 radical (unpaired) electrons. The summed E-state index contributed by atoms with van der Waals surface area (Å²) in [7, 11) is -1.81. The van der Waals surface area contributed by atoms with Gasteiger partial charge in [-0.15, -0.1) is 0 Å². The first-order valence-corrected chi connectivity index (χ1v) is 8.75. The summed E-state index contributed by atoms with van der Waals surface area (Å²) in [5.74, 6) is 0. The lowest BCUT2D eigenvalue weighted by molar-refractivity contribution is 0.196. The van der Waals surface area contributed by atoms with Gasteiger partial charge in [-0.3, -0.25) is 0 Å². The summed E-state index contributed by atoms with van der Waals surface area (Å²) in [5.41, 5.74) is 1.13. The highest BCUT2D eigenvalue weighted by Gasteiger charge is 2.12. The molecule has 2 N–H and O–H groups in total. The van der Waals surface area contributed by atoms with Gasteiger partial charge < -0.3 is 10.1 Å². The van der Waals surface area contributed by atoms with Crippen LogP contribution >= 0.6 is 0 Å². The number of nitrogens with one attached hydrogen (secondary N) is 2. The zero-order chi connectivity index (χ0) is 15.7. The van der Waals surface area contributed by atoms with Crippen molar-refractivity contribution in [3.8, 4) is 0 Å². The summed E-state index contributed by atoms with van der Waals surface area (Å²) in [6, 6.07) is 7.51. The third-order valence-electron chi connectivity index (χ3n) is 3.02. The minimum absolute atomic E-state index is 0.306. The van der Waals surface area contributed by atoms with E-state index in [1.54, 1.807) is 19.2 Å². The Bertz CT molecular complexity index is 498. The molecule has 0 fully saturated rings. The van der Waals surface area contributed by atoms with E-state index in [1.807, 2.05) is 12.1 Å². The largest absolute Gasteiger partial charge is 0.385 e. The quantitative estimate of drug-likeness (QED) is 0.643. The zero-order valence-electron chi connectivity index (χ0n) is 13.1. The molecule has 0 aliphatic rings. The Morgan fingerprint density at radius 1 is 1.14 bits per heavy atom. The second-order valence-electron chi connectivity index (χ2n) is 5.25. The number of ether oxygens (including phenoxy) is 1. The summed E-state index contributed by atoms with van der Waals surface area (Å²) in [5, 5.41) is 3.34. The number of methoxy groups -OCH3 is 1. The molecule has 0 aliphatic carbocycles. The van der Waals surface area contributed by atoms with Crippen LogP contribution in [0.3, 0.4) is 0 Å². The predicted octanol–water partition coefficient (Wildman–Crippen LogP) is 1.54. The molecule has 0 atom stereocenters. The van der Waals surface area contributed by atoms with E-state index < -0.39 is 10.0 Å². The second-order valence-corrected chi connectivity index (χ2v) is 7.01. The van der Waals surface area contributed by atoms with Gasteiger partial charge >= 0.3 is 0 Å². The van der Waals surface area contributed by atoms with E-state index in [9.17, 15) is 8.42 Å². The number of rotatable bonds is 10. The topological polar surface area (TPSA) is 67.4 Å². The van der Waals surface area contributed by atoms with Crippen molar-refractivity contribution in [2.45, 2.75) is 37.6 Å². The molecule has 0 unspecified atom stereocenters. The van der Waals surface area contributed by atoms with Gasteiger partial charge in [0.2, 0.25) is 10.0 Å². The third-order valence-corrected chi connectivity index (χ3v) is 4.49. The van der Waals surface area contributed by atoms with Gasteiger partial charge in [-0.1, -0.05) is 26.0 Å². The molecule has 1 aromatic rings. The Balaban J connectivity index is 2.52. The van der Waals surface area contributed by atoms with E-state index in [0.717, 1.165) is 18.5 Å². The Labute approximate surface area is 128 Å². The van der Waals surface area contributed by atoms with Crippen molar-refractivity contribution in [2.75, 3.05) is 26.8 Å². The highest BCUT2D eigenvalue weighted by molar-refractivity contribution is 7.89. The molecule has 1 aromatic carbocycles. The van der Waals surface area contributed by atoms with Gasteiger partial charge in [-0.25, -0.2) is 13.1 Å². The van der Waals surface area contributed by atoms with Crippen molar-refractivity contribution in [1.29, 1.82) is 0 Å². The molecular formula is C15H26N2O3S. The van der Waals surface area contributed by atoms with E-state index in [2.05, 4.69) is 23.9 Å². The van der Waals surface area contributed by atoms with Gasteiger partial charge in [-0.2, -0.15) is 0 Å². The van der Waals surface area contributed by atoms with E-state index >= 15 is 0 Å². The van der Waals surface area contributed by atoms with Crippen LogP contribution in [-0.4, -0.2) is 41.3 Å². The molecule has 0 bridgehead atoms. The Hall–Kier alpha value is -0.950. The second kappa shape index (κ2) is 9.15. The molecular weight excluding hydrogens is 288 g/mol. The van der Waals surface area contributed by atoms with Crippen LogP contribution in [0.5, 0.6) is 0 Å². The molecule has 5 nitrogen and oxygen atoms in total. The molecule has 21 heavy (non-hydrogen) atoms. The van der Waals surface area contributed by atoms with Crippen LogP contribution in [0.2, 0.25) is 0 Å². The number of hydrogen-bond donors (Lipinski definition) is 2. The van der Waals surface area contributed by atoms with Crippen LogP contribution in [0, 0.1) is 0 Å². The van der Waals surface area contributed by atoms with Crippen molar-refractivity contribution in [3.63, 3.8) is 0 Å². The maximum Gasteiger partial charge on any atom is 0.240 e. The maximum absolute atomic E-state index is 12.0. The van der Waals surface area contributed by atoms with Gasteiger partial charge in [0.15, 0.2) is 0 Å². The van der Waals surface area contributed by atoms with Gasteiger partial charge in [-0.05, 0) is 37.1 Å². The Morgan fingerprint density at radius 2 is 1.81 bits per heavy atom. The Morgan fingerprint density at radius 3 is 2.38 bits per heavy atom. The lowest BCUT2D eigenvalue weighted by Crippen LogP contribution is -2.26. The van der Waals surface area contributed by atoms with E-state index in [-0.39, 0.29) is 0 Å². The van der Waals surface area contributed by atoms with Gasteiger partial charge in [0.05, 0.1) is 4.90 Å². The summed E-state index contributed by atoms with van der Waals surface area (Å²) in [6.45, 7) is 6.02. The average Bonchev–Trinajstić information content (AvgIpc) is 2.44. The fraction of sp³-hybridized carbons (Fsp3) is 0.600. The van der Waals surface area contributed by atoms with Gasteiger partial charge in [0.25, 0.3) is 0 Å². The first kappa shape index (κ1) is 18.1. The molecule has 0 spiro atoms. The molecule has 0 amide bonds. The fourth-order valence-corrected chi connectivity index (χ4v) is 2.92. The van der Waals surface area contributed by atoms with Crippen LogP contribution in [0.4, 0.5) is 0 Å². The number of benzene rings is 1. The Kier molecular flexibility index (Phi) is 7.88.